The standard InChI is InChI=1S/C12H8F/c13-12-8-4-7-11(9-12)10-5-2-1-3-6-10/h1-5,7-9H. The molecule has 0 fully saturated rings. The van der Waals surface area contributed by atoms with Gasteiger partial charge in [0.05, 0.1) is 0 Å². The largest absolute Gasteiger partial charge is 0.207 e. The molecule has 0 saturated carbocycles. The minimum Gasteiger partial charge on any atom is -0.207 e. The third-order valence-electron chi connectivity index (χ3n) is 1.84. The van der Waals surface area contributed by atoms with Crippen LogP contribution in [0.2, 0.25) is 0 Å². The Morgan fingerprint density at radius 2 is 1.92 bits per heavy atom. The quantitative estimate of drug-likeness (QED) is 0.617. The maximum absolute atomic E-state index is 12.8. The van der Waals surface area contributed by atoms with Crippen molar-refractivity contribution in [1.82, 2.24) is 0 Å². The van der Waals surface area contributed by atoms with E-state index in [2.05, 4.69) is 6.07 Å². The van der Waals surface area contributed by atoms with Gasteiger partial charge in [-0.1, -0.05) is 36.4 Å². The predicted molar refractivity (Wildman–Crippen MR) is 50.7 cm³/mol. The molecule has 2 aromatic rings. The average molecular weight is 171 g/mol. The first kappa shape index (κ1) is 7.99. The van der Waals surface area contributed by atoms with Crippen molar-refractivity contribution in [2.75, 3.05) is 0 Å². The van der Waals surface area contributed by atoms with Crippen LogP contribution in [0.15, 0.2) is 48.5 Å². The highest BCUT2D eigenvalue weighted by Gasteiger charge is 1.96. The molecule has 13 heavy (non-hydrogen) atoms. The van der Waals surface area contributed by atoms with Gasteiger partial charge in [-0.2, -0.15) is 0 Å². The molecule has 0 N–H and O–H groups in total. The van der Waals surface area contributed by atoms with E-state index >= 15 is 0 Å². The number of hydrogen-bond donors (Lipinski definition) is 0. The molecule has 0 spiro atoms. The Hall–Kier alpha value is -1.63. The van der Waals surface area contributed by atoms with Gasteiger partial charge >= 0.3 is 0 Å². The monoisotopic (exact) mass is 171 g/mol. The van der Waals surface area contributed by atoms with Crippen molar-refractivity contribution < 1.29 is 4.39 Å². The lowest BCUT2D eigenvalue weighted by atomic mass is 10.1. The predicted octanol–water partition coefficient (Wildman–Crippen LogP) is 3.29. The highest BCUT2D eigenvalue weighted by atomic mass is 19.1. The van der Waals surface area contributed by atoms with E-state index in [1.54, 1.807) is 6.07 Å². The van der Waals surface area contributed by atoms with Crippen LogP contribution >= 0.6 is 0 Å². The molecule has 0 aliphatic heterocycles. The third-order valence-corrected chi connectivity index (χ3v) is 1.84. The van der Waals surface area contributed by atoms with Crippen LogP contribution in [-0.4, -0.2) is 0 Å². The molecule has 0 aliphatic carbocycles. The van der Waals surface area contributed by atoms with Gasteiger partial charge in [0, 0.05) is 0 Å². The lowest BCUT2D eigenvalue weighted by molar-refractivity contribution is 0.628. The summed E-state index contributed by atoms with van der Waals surface area (Å²) in [6, 6.07) is 17.1. The minimum atomic E-state index is -0.213. The van der Waals surface area contributed by atoms with Gasteiger partial charge in [-0.25, -0.2) is 4.39 Å². The summed E-state index contributed by atoms with van der Waals surface area (Å²) < 4.78 is 12.8. The van der Waals surface area contributed by atoms with E-state index in [1.807, 2.05) is 30.3 Å². The highest BCUT2D eigenvalue weighted by molar-refractivity contribution is 5.62. The van der Waals surface area contributed by atoms with E-state index in [0.29, 0.717) is 0 Å². The van der Waals surface area contributed by atoms with Crippen LogP contribution in [0.3, 0.4) is 0 Å². The van der Waals surface area contributed by atoms with E-state index in [9.17, 15) is 4.39 Å². The Labute approximate surface area is 76.7 Å². The first-order valence-electron chi connectivity index (χ1n) is 4.09. The Bertz CT molecular complexity index is 393. The van der Waals surface area contributed by atoms with Gasteiger partial charge in [-0.05, 0) is 29.3 Å². The van der Waals surface area contributed by atoms with Gasteiger partial charge < -0.3 is 0 Å². The van der Waals surface area contributed by atoms with Crippen LogP contribution in [0.4, 0.5) is 4.39 Å². The van der Waals surface area contributed by atoms with Gasteiger partial charge in [-0.15, -0.1) is 0 Å². The molecule has 2 rings (SSSR count). The Balaban J connectivity index is 2.48. The van der Waals surface area contributed by atoms with E-state index in [4.69, 9.17) is 0 Å². The Morgan fingerprint density at radius 3 is 2.62 bits per heavy atom. The van der Waals surface area contributed by atoms with Crippen molar-refractivity contribution in [3.05, 3.63) is 60.4 Å². The molecule has 0 atom stereocenters. The van der Waals surface area contributed by atoms with Crippen molar-refractivity contribution in [1.29, 1.82) is 0 Å². The highest BCUT2D eigenvalue weighted by Crippen LogP contribution is 2.18. The SMILES string of the molecule is Fc1cccc(-c2[c]cccc2)c1. The fourth-order valence-electron chi connectivity index (χ4n) is 1.23. The molecule has 0 unspecified atom stereocenters. The number of halogens is 1. The lowest BCUT2D eigenvalue weighted by Gasteiger charge is -1.99. The number of benzene rings is 2. The molecule has 0 bridgehead atoms. The van der Waals surface area contributed by atoms with Gasteiger partial charge in [-0.3, -0.25) is 0 Å². The Morgan fingerprint density at radius 1 is 1.00 bits per heavy atom. The van der Waals surface area contributed by atoms with Crippen LogP contribution in [0.1, 0.15) is 0 Å². The summed E-state index contributed by atoms with van der Waals surface area (Å²) in [5, 5.41) is 0. The zero-order valence-electron chi connectivity index (χ0n) is 7.00. The van der Waals surface area contributed by atoms with Gasteiger partial charge in [0.15, 0.2) is 0 Å². The number of hydrogen-bond acceptors (Lipinski definition) is 0. The van der Waals surface area contributed by atoms with Gasteiger partial charge in [0.25, 0.3) is 0 Å². The van der Waals surface area contributed by atoms with Crippen LogP contribution in [0.5, 0.6) is 0 Å². The number of rotatable bonds is 1. The van der Waals surface area contributed by atoms with Crippen molar-refractivity contribution in [3.63, 3.8) is 0 Å². The summed E-state index contributed by atoms with van der Waals surface area (Å²) in [4.78, 5) is 0. The molecule has 0 aromatic heterocycles. The van der Waals surface area contributed by atoms with E-state index in [-0.39, 0.29) is 5.82 Å². The zero-order chi connectivity index (χ0) is 9.10. The average Bonchev–Trinajstić information content (AvgIpc) is 2.19. The molecule has 0 heterocycles. The molecule has 0 aliphatic rings. The second kappa shape index (κ2) is 3.40. The van der Waals surface area contributed by atoms with Crippen molar-refractivity contribution >= 4 is 0 Å². The second-order valence-electron chi connectivity index (χ2n) is 2.79. The normalized spacial score (nSPS) is 9.92. The summed E-state index contributed by atoms with van der Waals surface area (Å²) in [6.07, 6.45) is 0. The van der Waals surface area contributed by atoms with E-state index < -0.39 is 0 Å². The minimum absolute atomic E-state index is 0.213. The Kier molecular flexibility index (Phi) is 2.09. The molecule has 1 radical (unpaired) electrons. The maximum atomic E-state index is 12.8. The first-order chi connectivity index (χ1) is 6.36. The van der Waals surface area contributed by atoms with Gasteiger partial charge in [0.1, 0.15) is 5.82 Å². The van der Waals surface area contributed by atoms with Crippen LogP contribution in [0.25, 0.3) is 11.1 Å². The van der Waals surface area contributed by atoms with Crippen molar-refractivity contribution in [2.24, 2.45) is 0 Å². The second-order valence-corrected chi connectivity index (χ2v) is 2.79. The smallest absolute Gasteiger partial charge is 0.123 e. The molecule has 0 nitrogen and oxygen atoms in total. The molecule has 0 saturated heterocycles. The van der Waals surface area contributed by atoms with Crippen LogP contribution < -0.4 is 0 Å². The molecule has 1 heteroatoms. The van der Waals surface area contributed by atoms with E-state index in [1.165, 1.54) is 12.1 Å². The van der Waals surface area contributed by atoms with Gasteiger partial charge in [0.2, 0.25) is 0 Å². The summed E-state index contributed by atoms with van der Waals surface area (Å²) in [6.45, 7) is 0. The first-order valence-corrected chi connectivity index (χ1v) is 4.09. The maximum Gasteiger partial charge on any atom is 0.123 e. The summed E-state index contributed by atoms with van der Waals surface area (Å²) in [5.41, 5.74) is 1.78. The van der Waals surface area contributed by atoms with E-state index in [0.717, 1.165) is 11.1 Å². The third kappa shape index (κ3) is 1.75. The van der Waals surface area contributed by atoms with Crippen LogP contribution in [0, 0.1) is 11.9 Å². The fourth-order valence-corrected chi connectivity index (χ4v) is 1.23. The summed E-state index contributed by atoms with van der Waals surface area (Å²) >= 11 is 0. The molecule has 2 aromatic carbocycles. The molecular weight excluding hydrogens is 163 g/mol. The molecule has 63 valence electrons. The van der Waals surface area contributed by atoms with Crippen LogP contribution in [-0.2, 0) is 0 Å². The summed E-state index contributed by atoms with van der Waals surface area (Å²) in [7, 11) is 0. The molecule has 0 amide bonds. The molecular formula is C12H8F. The van der Waals surface area contributed by atoms with Crippen molar-refractivity contribution in [3.8, 4) is 11.1 Å². The lowest BCUT2D eigenvalue weighted by Crippen LogP contribution is -1.78. The fraction of sp³-hybridized carbons (Fsp3) is 0. The summed E-state index contributed by atoms with van der Waals surface area (Å²) in [5.74, 6) is -0.213. The topological polar surface area (TPSA) is 0 Å². The van der Waals surface area contributed by atoms with Crippen molar-refractivity contribution in [2.45, 2.75) is 0 Å². The zero-order valence-corrected chi connectivity index (χ0v) is 7.00.